The summed E-state index contributed by atoms with van der Waals surface area (Å²) in [6.07, 6.45) is 4.25. The van der Waals surface area contributed by atoms with E-state index in [4.69, 9.17) is 0 Å². The van der Waals surface area contributed by atoms with Crippen molar-refractivity contribution < 1.29 is 28.8 Å². The van der Waals surface area contributed by atoms with Gasteiger partial charge in [0.15, 0.2) is 0 Å². The molecule has 1 saturated carbocycles. The fourth-order valence-corrected chi connectivity index (χ4v) is 6.53. The Morgan fingerprint density at radius 1 is 0.773 bits per heavy atom. The number of nitrogens with one attached hydrogen (secondary N) is 3. The third kappa shape index (κ3) is 5.97. The van der Waals surface area contributed by atoms with Gasteiger partial charge in [-0.1, -0.05) is 42.5 Å². The van der Waals surface area contributed by atoms with E-state index in [2.05, 4.69) is 16.0 Å². The molecule has 1 atom stereocenters. The predicted molar refractivity (Wildman–Crippen MR) is 162 cm³/mol. The molecule has 3 aromatic carbocycles. The number of nitrogens with zero attached hydrogens (tertiary/aromatic N) is 1. The number of carbonyl (C=O) groups excluding carboxylic acids is 6. The van der Waals surface area contributed by atoms with E-state index in [9.17, 15) is 28.8 Å². The third-order valence-electron chi connectivity index (χ3n) is 9.04. The smallest absolute Gasteiger partial charge is 0.262 e. The van der Waals surface area contributed by atoms with Crippen molar-refractivity contribution in [2.24, 2.45) is 11.8 Å². The van der Waals surface area contributed by atoms with Gasteiger partial charge in [0.25, 0.3) is 17.7 Å². The SMILES string of the molecule is O=C(Cc1cccc2ccccc12)NC[C@H]1CC[C@H](CNC(=O)c2ccc3c(c2)C(=O)N(C2CCC(=O)NC2=O)C3=O)CC1. The fraction of sp³-hybridized carbons (Fsp3) is 0.353. The Bertz CT molecular complexity index is 1670. The van der Waals surface area contributed by atoms with Crippen LogP contribution in [0.5, 0.6) is 0 Å². The standard InChI is InChI=1S/C34H34N4O6/c39-29-15-14-28(32(42)37-29)38-33(43)26-13-12-24(16-27(26)34(38)44)31(41)36-19-21-10-8-20(9-11-21)18-35-30(40)17-23-6-3-5-22-4-1-2-7-25(22)23/h1-7,12-13,16,20-21,28H,8-11,14-15,17-19H2,(H,35,40)(H,36,41)(H,37,39,42)/t20-,21-,28?. The van der Waals surface area contributed by atoms with E-state index in [1.165, 1.54) is 18.2 Å². The van der Waals surface area contributed by atoms with Crippen LogP contribution in [-0.4, -0.2) is 59.5 Å². The third-order valence-corrected chi connectivity index (χ3v) is 9.04. The minimum Gasteiger partial charge on any atom is -0.356 e. The first-order chi connectivity index (χ1) is 21.3. The van der Waals surface area contributed by atoms with Gasteiger partial charge in [-0.3, -0.25) is 39.0 Å². The van der Waals surface area contributed by atoms with Crippen LogP contribution in [0.1, 0.15) is 75.2 Å². The van der Waals surface area contributed by atoms with Crippen LogP contribution in [0.25, 0.3) is 10.8 Å². The summed E-state index contributed by atoms with van der Waals surface area (Å²) in [5, 5.41) is 10.5. The highest BCUT2D eigenvalue weighted by atomic mass is 16.2. The van der Waals surface area contributed by atoms with E-state index in [-0.39, 0.29) is 41.3 Å². The van der Waals surface area contributed by atoms with E-state index < -0.39 is 29.7 Å². The number of fused-ring (bicyclic) bond motifs is 2. The van der Waals surface area contributed by atoms with Crippen molar-refractivity contribution in [1.82, 2.24) is 20.9 Å². The van der Waals surface area contributed by atoms with Crippen LogP contribution >= 0.6 is 0 Å². The second kappa shape index (κ2) is 12.4. The lowest BCUT2D eigenvalue weighted by atomic mass is 9.82. The molecular weight excluding hydrogens is 560 g/mol. The van der Waals surface area contributed by atoms with Crippen LogP contribution in [0, 0.1) is 11.8 Å². The van der Waals surface area contributed by atoms with Crippen LogP contribution in [0.3, 0.4) is 0 Å². The molecule has 2 aliphatic heterocycles. The predicted octanol–water partition coefficient (Wildman–Crippen LogP) is 3.14. The largest absolute Gasteiger partial charge is 0.356 e. The molecule has 1 saturated heterocycles. The summed E-state index contributed by atoms with van der Waals surface area (Å²) in [4.78, 5) is 76.3. The van der Waals surface area contributed by atoms with Gasteiger partial charge in [0.1, 0.15) is 6.04 Å². The molecule has 1 unspecified atom stereocenters. The van der Waals surface area contributed by atoms with Gasteiger partial charge in [-0.2, -0.15) is 0 Å². The molecule has 6 amide bonds. The highest BCUT2D eigenvalue weighted by molar-refractivity contribution is 6.24. The topological polar surface area (TPSA) is 142 Å². The number of hydrogen-bond acceptors (Lipinski definition) is 6. The zero-order valence-corrected chi connectivity index (χ0v) is 24.3. The summed E-state index contributed by atoms with van der Waals surface area (Å²) in [7, 11) is 0. The molecule has 3 aromatic rings. The minimum absolute atomic E-state index is 0.0190. The van der Waals surface area contributed by atoms with Crippen LogP contribution in [0.2, 0.25) is 0 Å². The van der Waals surface area contributed by atoms with Gasteiger partial charge in [0.05, 0.1) is 17.5 Å². The Hall–Kier alpha value is -4.86. The number of benzene rings is 3. The number of rotatable bonds is 8. The Kier molecular flexibility index (Phi) is 8.23. The fourth-order valence-electron chi connectivity index (χ4n) is 6.53. The maximum atomic E-state index is 13.1. The highest BCUT2D eigenvalue weighted by Crippen LogP contribution is 2.30. The number of carbonyl (C=O) groups is 6. The molecule has 3 N–H and O–H groups in total. The summed E-state index contributed by atoms with van der Waals surface area (Å²) >= 11 is 0. The second-order valence-corrected chi connectivity index (χ2v) is 11.9. The summed E-state index contributed by atoms with van der Waals surface area (Å²) < 4.78 is 0. The molecule has 10 nitrogen and oxygen atoms in total. The van der Waals surface area contributed by atoms with Crippen molar-refractivity contribution in [2.45, 2.75) is 51.0 Å². The monoisotopic (exact) mass is 594 g/mol. The van der Waals surface area contributed by atoms with Crippen molar-refractivity contribution in [2.75, 3.05) is 13.1 Å². The Labute approximate surface area is 254 Å². The van der Waals surface area contributed by atoms with E-state index in [1.54, 1.807) is 0 Å². The lowest BCUT2D eigenvalue weighted by Gasteiger charge is -2.28. The van der Waals surface area contributed by atoms with Gasteiger partial charge >= 0.3 is 0 Å². The molecule has 10 heteroatoms. The summed E-state index contributed by atoms with van der Waals surface area (Å²) in [5.74, 6) is -1.97. The Morgan fingerprint density at radius 3 is 2.20 bits per heavy atom. The zero-order valence-electron chi connectivity index (χ0n) is 24.3. The second-order valence-electron chi connectivity index (χ2n) is 11.9. The lowest BCUT2D eigenvalue weighted by Crippen LogP contribution is -2.54. The zero-order chi connectivity index (χ0) is 30.8. The number of piperidine rings is 1. The molecular formula is C34H34N4O6. The molecule has 226 valence electrons. The van der Waals surface area contributed by atoms with Crippen LogP contribution in [0.15, 0.2) is 60.7 Å². The molecule has 2 fully saturated rings. The van der Waals surface area contributed by atoms with Crippen LogP contribution in [-0.2, 0) is 20.8 Å². The Balaban J connectivity index is 0.960. The van der Waals surface area contributed by atoms with Gasteiger partial charge in [0.2, 0.25) is 17.7 Å². The summed E-state index contributed by atoms with van der Waals surface area (Å²) in [6, 6.07) is 17.4. The van der Waals surface area contributed by atoms with Gasteiger partial charge in [0, 0.05) is 25.1 Å². The molecule has 1 aliphatic carbocycles. The van der Waals surface area contributed by atoms with Gasteiger partial charge in [-0.25, -0.2) is 0 Å². The van der Waals surface area contributed by atoms with E-state index in [0.29, 0.717) is 31.3 Å². The summed E-state index contributed by atoms with van der Waals surface area (Å²) in [6.45, 7) is 1.13. The number of amides is 6. The van der Waals surface area contributed by atoms with Gasteiger partial charge < -0.3 is 10.6 Å². The average molecular weight is 595 g/mol. The summed E-state index contributed by atoms with van der Waals surface area (Å²) in [5.41, 5.74) is 1.50. The molecule has 44 heavy (non-hydrogen) atoms. The molecule has 0 spiro atoms. The first kappa shape index (κ1) is 29.2. The number of hydrogen-bond donors (Lipinski definition) is 3. The van der Waals surface area contributed by atoms with Crippen molar-refractivity contribution in [3.8, 4) is 0 Å². The van der Waals surface area contributed by atoms with Gasteiger partial charge in [-0.15, -0.1) is 0 Å². The van der Waals surface area contributed by atoms with Crippen molar-refractivity contribution in [3.63, 3.8) is 0 Å². The maximum absolute atomic E-state index is 13.1. The maximum Gasteiger partial charge on any atom is 0.262 e. The van der Waals surface area contributed by atoms with Gasteiger partial charge in [-0.05, 0) is 78.5 Å². The molecule has 6 rings (SSSR count). The average Bonchev–Trinajstić information content (AvgIpc) is 3.28. The van der Waals surface area contributed by atoms with E-state index >= 15 is 0 Å². The molecule has 0 radical (unpaired) electrons. The first-order valence-electron chi connectivity index (χ1n) is 15.2. The van der Waals surface area contributed by atoms with Crippen molar-refractivity contribution in [1.29, 1.82) is 0 Å². The first-order valence-corrected chi connectivity index (χ1v) is 15.2. The molecule has 0 aromatic heterocycles. The highest BCUT2D eigenvalue weighted by Gasteiger charge is 2.44. The van der Waals surface area contributed by atoms with Crippen LogP contribution < -0.4 is 16.0 Å². The van der Waals surface area contributed by atoms with Crippen LogP contribution in [0.4, 0.5) is 0 Å². The quantitative estimate of drug-likeness (QED) is 0.342. The van der Waals surface area contributed by atoms with E-state index in [0.717, 1.165) is 46.9 Å². The lowest BCUT2D eigenvalue weighted by molar-refractivity contribution is -0.136. The van der Waals surface area contributed by atoms with Crippen molar-refractivity contribution >= 4 is 46.2 Å². The molecule has 0 bridgehead atoms. The number of imide groups is 2. The van der Waals surface area contributed by atoms with Crippen molar-refractivity contribution in [3.05, 3.63) is 82.9 Å². The minimum atomic E-state index is -1.05. The molecule has 3 aliphatic rings. The Morgan fingerprint density at radius 2 is 1.45 bits per heavy atom. The van der Waals surface area contributed by atoms with E-state index in [1.807, 2.05) is 42.5 Å². The normalized spacial score (nSPS) is 21.6. The molecule has 2 heterocycles.